The average molecular weight is 198 g/mol. The van der Waals surface area contributed by atoms with Gasteiger partial charge in [-0.1, -0.05) is 0 Å². The zero-order valence-corrected chi connectivity index (χ0v) is 8.86. The van der Waals surface area contributed by atoms with Crippen LogP contribution in [-0.2, 0) is 14.3 Å². The molecule has 0 amide bonds. The Morgan fingerprint density at radius 2 is 1.50 bits per heavy atom. The van der Waals surface area contributed by atoms with Gasteiger partial charge in [-0.2, -0.15) is 0 Å². The summed E-state index contributed by atoms with van der Waals surface area (Å²) in [6.45, 7) is 1.42. The van der Waals surface area contributed by atoms with E-state index >= 15 is 0 Å². The predicted molar refractivity (Wildman–Crippen MR) is 52.0 cm³/mol. The molecule has 0 aromatic heterocycles. The Kier molecular flexibility index (Phi) is 2.88. The minimum Gasteiger partial charge on any atom is -0.384 e. The lowest BCUT2D eigenvalue weighted by molar-refractivity contribution is -0.122. The molecule has 14 heavy (non-hydrogen) atoms. The number of hydrogen-bond donors (Lipinski definition) is 0. The Labute approximate surface area is 84.8 Å². The van der Waals surface area contributed by atoms with Crippen molar-refractivity contribution in [3.63, 3.8) is 0 Å². The third-order valence-electron chi connectivity index (χ3n) is 3.82. The van der Waals surface area contributed by atoms with Gasteiger partial charge in [0, 0.05) is 26.1 Å². The summed E-state index contributed by atoms with van der Waals surface area (Å²) in [7, 11) is 3.42. The maximum absolute atomic E-state index is 11.8. The number of hydrogen-bond acceptors (Lipinski definition) is 3. The fourth-order valence-electron chi connectivity index (χ4n) is 3.23. The van der Waals surface area contributed by atoms with Crippen LogP contribution in [0.2, 0.25) is 0 Å². The normalized spacial score (nSPS) is 40.9. The zero-order chi connectivity index (χ0) is 10.1. The van der Waals surface area contributed by atoms with Gasteiger partial charge in [0.25, 0.3) is 0 Å². The van der Waals surface area contributed by atoms with Crippen molar-refractivity contribution in [2.75, 3.05) is 27.4 Å². The SMILES string of the molecule is COC[C@@H]1[C@H](COC)[C@@H]2CC[C@H]1C2=O. The molecule has 0 aromatic rings. The lowest BCUT2D eigenvalue weighted by Crippen LogP contribution is -2.29. The standard InChI is InChI=1S/C11H18O3/c1-13-5-9-7-3-4-8(11(7)12)10(9)6-14-2/h7-10H,3-6H2,1-2H3/t7-,8+,9+,10-. The van der Waals surface area contributed by atoms with Gasteiger partial charge >= 0.3 is 0 Å². The van der Waals surface area contributed by atoms with E-state index in [1.54, 1.807) is 14.2 Å². The van der Waals surface area contributed by atoms with E-state index < -0.39 is 0 Å². The number of rotatable bonds is 4. The van der Waals surface area contributed by atoms with Crippen molar-refractivity contribution < 1.29 is 14.3 Å². The van der Waals surface area contributed by atoms with Crippen LogP contribution in [0.1, 0.15) is 12.8 Å². The first-order chi connectivity index (χ1) is 6.79. The molecule has 2 bridgehead atoms. The fourth-order valence-corrected chi connectivity index (χ4v) is 3.23. The Balaban J connectivity index is 2.09. The monoisotopic (exact) mass is 198 g/mol. The van der Waals surface area contributed by atoms with Gasteiger partial charge in [0.15, 0.2) is 0 Å². The molecular formula is C11H18O3. The van der Waals surface area contributed by atoms with E-state index in [1.165, 1.54) is 0 Å². The van der Waals surface area contributed by atoms with Gasteiger partial charge in [-0.25, -0.2) is 0 Å². The first kappa shape index (κ1) is 10.1. The highest BCUT2D eigenvalue weighted by Crippen LogP contribution is 2.49. The number of methoxy groups -OCH3 is 2. The summed E-state index contributed by atoms with van der Waals surface area (Å²) >= 11 is 0. The summed E-state index contributed by atoms with van der Waals surface area (Å²) in [4.78, 5) is 11.8. The van der Waals surface area contributed by atoms with Crippen molar-refractivity contribution in [3.8, 4) is 0 Å². The molecule has 0 saturated heterocycles. The van der Waals surface area contributed by atoms with Crippen molar-refractivity contribution >= 4 is 5.78 Å². The largest absolute Gasteiger partial charge is 0.384 e. The molecule has 0 unspecified atom stereocenters. The lowest BCUT2D eigenvalue weighted by atomic mass is 9.80. The molecule has 80 valence electrons. The maximum Gasteiger partial charge on any atom is 0.139 e. The Morgan fingerprint density at radius 1 is 1.07 bits per heavy atom. The molecular weight excluding hydrogens is 180 g/mol. The lowest BCUT2D eigenvalue weighted by Gasteiger charge is -2.28. The van der Waals surface area contributed by atoms with Gasteiger partial charge in [-0.05, 0) is 24.7 Å². The third-order valence-corrected chi connectivity index (χ3v) is 3.82. The van der Waals surface area contributed by atoms with Crippen LogP contribution >= 0.6 is 0 Å². The maximum atomic E-state index is 11.8. The molecule has 0 aromatic carbocycles. The van der Waals surface area contributed by atoms with Crippen molar-refractivity contribution in [2.24, 2.45) is 23.7 Å². The first-order valence-corrected chi connectivity index (χ1v) is 5.31. The van der Waals surface area contributed by atoms with Crippen LogP contribution in [-0.4, -0.2) is 33.2 Å². The van der Waals surface area contributed by atoms with Gasteiger partial charge in [0.1, 0.15) is 5.78 Å². The topological polar surface area (TPSA) is 35.5 Å². The Hall–Kier alpha value is -0.410. The molecule has 0 spiro atoms. The second-order valence-corrected chi connectivity index (χ2v) is 4.43. The van der Waals surface area contributed by atoms with Crippen LogP contribution in [0.15, 0.2) is 0 Å². The molecule has 0 heterocycles. The number of fused-ring (bicyclic) bond motifs is 2. The van der Waals surface area contributed by atoms with E-state index in [1.807, 2.05) is 0 Å². The molecule has 2 fully saturated rings. The highest BCUT2D eigenvalue weighted by Gasteiger charge is 2.53. The van der Waals surface area contributed by atoms with Crippen LogP contribution in [0, 0.1) is 23.7 Å². The minimum absolute atomic E-state index is 0.264. The summed E-state index contributed by atoms with van der Waals surface area (Å²) in [6, 6.07) is 0. The third kappa shape index (κ3) is 1.39. The summed E-state index contributed by atoms with van der Waals surface area (Å²) in [5.41, 5.74) is 0. The molecule has 0 radical (unpaired) electrons. The van der Waals surface area contributed by atoms with E-state index in [4.69, 9.17) is 9.47 Å². The van der Waals surface area contributed by atoms with Gasteiger partial charge in [-0.15, -0.1) is 0 Å². The van der Waals surface area contributed by atoms with Crippen LogP contribution in [0.3, 0.4) is 0 Å². The second-order valence-electron chi connectivity index (χ2n) is 4.43. The smallest absolute Gasteiger partial charge is 0.139 e. The van der Waals surface area contributed by atoms with Crippen LogP contribution in [0.25, 0.3) is 0 Å². The number of Topliss-reactive ketones (excluding diaryl/α,β-unsaturated/α-hetero) is 1. The summed E-state index contributed by atoms with van der Waals surface area (Å²) < 4.78 is 10.4. The van der Waals surface area contributed by atoms with Gasteiger partial charge in [-0.3, -0.25) is 4.79 Å². The summed E-state index contributed by atoms with van der Waals surface area (Å²) in [6.07, 6.45) is 2.13. The van der Waals surface area contributed by atoms with Crippen LogP contribution < -0.4 is 0 Å². The second kappa shape index (κ2) is 3.99. The first-order valence-electron chi connectivity index (χ1n) is 5.31. The number of ether oxygens (including phenoxy) is 2. The Bertz CT molecular complexity index is 205. The van der Waals surface area contributed by atoms with Crippen LogP contribution in [0.4, 0.5) is 0 Å². The fraction of sp³-hybridized carbons (Fsp3) is 0.909. The van der Waals surface area contributed by atoms with Gasteiger partial charge < -0.3 is 9.47 Å². The molecule has 3 heteroatoms. The molecule has 0 aliphatic heterocycles. The van der Waals surface area contributed by atoms with E-state index in [0.29, 0.717) is 30.8 Å². The number of carbonyl (C=O) groups is 1. The van der Waals surface area contributed by atoms with E-state index in [0.717, 1.165) is 12.8 Å². The highest BCUT2D eigenvalue weighted by atomic mass is 16.5. The van der Waals surface area contributed by atoms with E-state index in [-0.39, 0.29) is 11.8 Å². The Morgan fingerprint density at radius 3 is 1.86 bits per heavy atom. The summed E-state index contributed by atoms with van der Waals surface area (Å²) in [5.74, 6) is 1.81. The molecule has 3 nitrogen and oxygen atoms in total. The number of carbonyl (C=O) groups excluding carboxylic acids is 1. The van der Waals surface area contributed by atoms with Gasteiger partial charge in [0.2, 0.25) is 0 Å². The average Bonchev–Trinajstić information content (AvgIpc) is 2.64. The molecule has 2 saturated carbocycles. The zero-order valence-electron chi connectivity index (χ0n) is 8.86. The minimum atomic E-state index is 0.264. The van der Waals surface area contributed by atoms with Gasteiger partial charge in [0.05, 0.1) is 13.2 Å². The molecule has 2 rings (SSSR count). The van der Waals surface area contributed by atoms with Crippen LogP contribution in [0.5, 0.6) is 0 Å². The van der Waals surface area contributed by atoms with E-state index in [9.17, 15) is 4.79 Å². The van der Waals surface area contributed by atoms with Crippen molar-refractivity contribution in [1.29, 1.82) is 0 Å². The van der Waals surface area contributed by atoms with Crippen molar-refractivity contribution in [3.05, 3.63) is 0 Å². The quantitative estimate of drug-likeness (QED) is 0.679. The molecule has 0 N–H and O–H groups in total. The van der Waals surface area contributed by atoms with E-state index in [2.05, 4.69) is 0 Å². The molecule has 2 aliphatic carbocycles. The van der Waals surface area contributed by atoms with Crippen molar-refractivity contribution in [2.45, 2.75) is 12.8 Å². The molecule has 4 atom stereocenters. The summed E-state index contributed by atoms with van der Waals surface area (Å²) in [5, 5.41) is 0. The number of ketones is 1. The van der Waals surface area contributed by atoms with Crippen molar-refractivity contribution in [1.82, 2.24) is 0 Å². The highest BCUT2D eigenvalue weighted by molar-refractivity contribution is 5.88. The predicted octanol–water partition coefficient (Wildman–Crippen LogP) is 1.12. The molecule has 2 aliphatic rings.